The molecule has 2 aromatic rings. The van der Waals surface area contributed by atoms with E-state index in [0.29, 0.717) is 24.5 Å². The number of hydrogen-bond acceptors (Lipinski definition) is 5. The van der Waals surface area contributed by atoms with Crippen LogP contribution in [0, 0.1) is 5.82 Å². The molecule has 0 N–H and O–H groups in total. The summed E-state index contributed by atoms with van der Waals surface area (Å²) < 4.78 is 13.5. The lowest BCUT2D eigenvalue weighted by Crippen LogP contribution is -2.81. The molecule has 2 amide bonds. The second-order valence-electron chi connectivity index (χ2n) is 7.72. The molecule has 7 nitrogen and oxygen atoms in total. The zero-order valence-corrected chi connectivity index (χ0v) is 16.9. The third-order valence-electron chi connectivity index (χ3n) is 5.52. The zero-order valence-electron chi connectivity index (χ0n) is 16.2. The van der Waals surface area contributed by atoms with Gasteiger partial charge in [0.15, 0.2) is 11.4 Å². The highest BCUT2D eigenvalue weighted by molar-refractivity contribution is 6.30. The van der Waals surface area contributed by atoms with Gasteiger partial charge in [-0.1, -0.05) is 17.7 Å². The van der Waals surface area contributed by atoms with Crippen LogP contribution in [-0.4, -0.2) is 63.0 Å². The molecular formula is C20H21ClFN5O2. The Morgan fingerprint density at radius 1 is 1.24 bits per heavy atom. The Kier molecular flexibility index (Phi) is 4.90. The van der Waals surface area contributed by atoms with Gasteiger partial charge in [-0.15, -0.1) is 5.10 Å². The second kappa shape index (κ2) is 7.26. The number of benzene rings is 1. The number of carbonyl (C=O) groups excluding carboxylic acids is 2. The molecule has 152 valence electrons. The van der Waals surface area contributed by atoms with Crippen molar-refractivity contribution in [3.63, 3.8) is 0 Å². The summed E-state index contributed by atoms with van der Waals surface area (Å²) >= 11 is 5.91. The maximum absolute atomic E-state index is 13.5. The first-order chi connectivity index (χ1) is 13.8. The van der Waals surface area contributed by atoms with Crippen LogP contribution in [-0.2, 0) is 16.1 Å². The van der Waals surface area contributed by atoms with Crippen molar-refractivity contribution in [1.29, 1.82) is 0 Å². The zero-order chi connectivity index (χ0) is 20.8. The van der Waals surface area contributed by atoms with Crippen molar-refractivity contribution in [3.8, 4) is 0 Å². The summed E-state index contributed by atoms with van der Waals surface area (Å²) in [5.41, 5.74) is -0.314. The fourth-order valence-corrected chi connectivity index (χ4v) is 4.12. The van der Waals surface area contributed by atoms with Gasteiger partial charge >= 0.3 is 0 Å². The highest BCUT2D eigenvalue weighted by atomic mass is 35.5. The first-order valence-electron chi connectivity index (χ1n) is 9.40. The predicted octanol–water partition coefficient (Wildman–Crippen LogP) is 2.11. The van der Waals surface area contributed by atoms with Crippen LogP contribution in [0.25, 0.3) is 0 Å². The summed E-state index contributed by atoms with van der Waals surface area (Å²) in [6, 6.07) is 7.86. The average molecular weight is 418 g/mol. The molecule has 2 fully saturated rings. The quantitative estimate of drug-likeness (QED) is 0.762. The van der Waals surface area contributed by atoms with Gasteiger partial charge in [-0.3, -0.25) is 9.59 Å². The molecule has 0 saturated carbocycles. The number of rotatable bonds is 4. The Morgan fingerprint density at radius 2 is 2.00 bits per heavy atom. The Morgan fingerprint density at radius 3 is 2.62 bits per heavy atom. The van der Waals surface area contributed by atoms with E-state index in [2.05, 4.69) is 10.2 Å². The normalized spacial score (nSPS) is 18.6. The van der Waals surface area contributed by atoms with E-state index in [9.17, 15) is 14.0 Å². The maximum atomic E-state index is 13.5. The van der Waals surface area contributed by atoms with Gasteiger partial charge < -0.3 is 14.7 Å². The second-order valence-corrected chi connectivity index (χ2v) is 8.13. The van der Waals surface area contributed by atoms with E-state index in [1.165, 1.54) is 12.1 Å². The molecule has 0 radical (unpaired) electrons. The maximum Gasteiger partial charge on any atom is 0.252 e. The van der Waals surface area contributed by atoms with Gasteiger partial charge in [-0.2, -0.15) is 5.10 Å². The van der Waals surface area contributed by atoms with Crippen molar-refractivity contribution in [1.82, 2.24) is 20.0 Å². The molecule has 1 aromatic carbocycles. The van der Waals surface area contributed by atoms with Crippen molar-refractivity contribution in [2.45, 2.75) is 32.0 Å². The number of halogens is 2. The number of carbonyl (C=O) groups is 2. The van der Waals surface area contributed by atoms with E-state index in [4.69, 9.17) is 11.6 Å². The minimum atomic E-state index is -0.988. The Hall–Kier alpha value is -2.74. The molecular weight excluding hydrogens is 397 g/mol. The highest BCUT2D eigenvalue weighted by Crippen LogP contribution is 2.37. The van der Waals surface area contributed by atoms with E-state index >= 15 is 0 Å². The van der Waals surface area contributed by atoms with Gasteiger partial charge in [0.1, 0.15) is 12.4 Å². The lowest BCUT2D eigenvalue weighted by Gasteiger charge is -2.58. The summed E-state index contributed by atoms with van der Waals surface area (Å²) in [7, 11) is 0. The van der Waals surface area contributed by atoms with Crippen molar-refractivity contribution >= 4 is 29.2 Å². The summed E-state index contributed by atoms with van der Waals surface area (Å²) in [5, 5.41) is 7.97. The molecule has 0 atom stereocenters. The first-order valence-corrected chi connectivity index (χ1v) is 9.78. The smallest absolute Gasteiger partial charge is 0.252 e. The van der Waals surface area contributed by atoms with E-state index in [0.717, 1.165) is 0 Å². The molecule has 3 heterocycles. The molecule has 0 bridgehead atoms. The van der Waals surface area contributed by atoms with Crippen molar-refractivity contribution in [2.24, 2.45) is 0 Å². The number of hydrogen-bond donors (Lipinski definition) is 0. The summed E-state index contributed by atoms with van der Waals surface area (Å²) in [5.74, 6) is -0.0857. The number of aromatic nitrogens is 2. The lowest BCUT2D eigenvalue weighted by molar-refractivity contribution is -0.170. The van der Waals surface area contributed by atoms with Crippen LogP contribution < -0.4 is 4.90 Å². The molecule has 29 heavy (non-hydrogen) atoms. The van der Waals surface area contributed by atoms with Crippen molar-refractivity contribution in [3.05, 3.63) is 52.9 Å². The molecule has 9 heteroatoms. The Labute approximate surface area is 173 Å². The van der Waals surface area contributed by atoms with Gasteiger partial charge in [-0.25, -0.2) is 4.39 Å². The van der Waals surface area contributed by atoms with Gasteiger partial charge in [0.05, 0.1) is 18.1 Å². The number of amides is 2. The van der Waals surface area contributed by atoms with Crippen LogP contribution in [0.3, 0.4) is 0 Å². The highest BCUT2D eigenvalue weighted by Gasteiger charge is 2.60. The van der Waals surface area contributed by atoms with Gasteiger partial charge in [0, 0.05) is 18.8 Å². The van der Waals surface area contributed by atoms with Crippen LogP contribution in [0.5, 0.6) is 0 Å². The minimum Gasteiger partial charge on any atom is -0.349 e. The lowest BCUT2D eigenvalue weighted by atomic mass is 9.82. The van der Waals surface area contributed by atoms with E-state index in [1.807, 2.05) is 24.8 Å². The third kappa shape index (κ3) is 3.31. The molecule has 2 aliphatic rings. The SMILES string of the molecule is CC(C)N1CC(=O)N(Cc2ccc(F)c(Cl)c2)C2(CN(c3cccnn3)C2)C1=O. The Bertz CT molecular complexity index is 949. The molecule has 2 saturated heterocycles. The van der Waals surface area contributed by atoms with Crippen molar-refractivity contribution < 1.29 is 14.0 Å². The molecule has 0 aliphatic carbocycles. The third-order valence-corrected chi connectivity index (χ3v) is 5.81. The molecule has 4 rings (SSSR count). The Balaban J connectivity index is 1.65. The minimum absolute atomic E-state index is 0.00839. The molecule has 0 unspecified atom stereocenters. The van der Waals surface area contributed by atoms with Crippen LogP contribution in [0.1, 0.15) is 19.4 Å². The monoisotopic (exact) mass is 417 g/mol. The molecule has 1 spiro atoms. The summed E-state index contributed by atoms with van der Waals surface area (Å²) in [6.45, 7) is 4.66. The van der Waals surface area contributed by atoms with E-state index in [1.54, 1.807) is 28.1 Å². The van der Waals surface area contributed by atoms with Crippen LogP contribution in [0.2, 0.25) is 5.02 Å². The average Bonchev–Trinajstić information content (AvgIpc) is 2.66. The number of nitrogens with zero attached hydrogens (tertiary/aromatic N) is 5. The van der Waals surface area contributed by atoms with Gasteiger partial charge in [0.2, 0.25) is 5.91 Å². The van der Waals surface area contributed by atoms with Crippen LogP contribution in [0.4, 0.5) is 10.2 Å². The number of piperazine rings is 1. The van der Waals surface area contributed by atoms with E-state index < -0.39 is 11.4 Å². The van der Waals surface area contributed by atoms with Crippen LogP contribution in [0.15, 0.2) is 36.5 Å². The predicted molar refractivity (Wildman–Crippen MR) is 106 cm³/mol. The topological polar surface area (TPSA) is 69.6 Å². The number of anilines is 1. The molecule has 2 aliphatic heterocycles. The standard InChI is InChI=1S/C20H21ClFN5O2/c1-13(2)26-10-18(28)27(9-14-5-6-16(22)15(21)8-14)20(19(26)29)11-25(12-20)17-4-3-7-23-24-17/h3-8,13H,9-12H2,1-2H3. The van der Waals surface area contributed by atoms with Gasteiger partial charge in [-0.05, 0) is 43.7 Å². The summed E-state index contributed by atoms with van der Waals surface area (Å²) in [4.78, 5) is 31.6. The van der Waals surface area contributed by atoms with Crippen molar-refractivity contribution in [2.75, 3.05) is 24.5 Å². The van der Waals surface area contributed by atoms with Crippen LogP contribution >= 0.6 is 11.6 Å². The fraction of sp³-hybridized carbons (Fsp3) is 0.400. The molecule has 1 aromatic heterocycles. The van der Waals surface area contributed by atoms with Gasteiger partial charge in [0.25, 0.3) is 5.91 Å². The fourth-order valence-electron chi connectivity index (χ4n) is 3.92. The summed E-state index contributed by atoms with van der Waals surface area (Å²) in [6.07, 6.45) is 1.58. The largest absolute Gasteiger partial charge is 0.349 e. The van der Waals surface area contributed by atoms with E-state index in [-0.39, 0.29) is 36.0 Å². The first kappa shape index (κ1) is 19.6.